The third kappa shape index (κ3) is 1.87. The van der Waals surface area contributed by atoms with E-state index in [1.807, 2.05) is 0 Å². The van der Waals surface area contributed by atoms with Crippen molar-refractivity contribution in [3.63, 3.8) is 0 Å². The summed E-state index contributed by atoms with van der Waals surface area (Å²) in [5, 5.41) is 3.47. The van der Waals surface area contributed by atoms with Crippen LogP contribution in [-0.2, 0) is 4.74 Å². The fraction of sp³-hybridized carbons (Fsp3) is 0.538. The van der Waals surface area contributed by atoms with Gasteiger partial charge in [-0.1, -0.05) is 15.9 Å². The van der Waals surface area contributed by atoms with E-state index in [2.05, 4.69) is 39.4 Å². The first-order valence-electron chi connectivity index (χ1n) is 5.99. The van der Waals surface area contributed by atoms with Crippen molar-refractivity contribution in [1.82, 2.24) is 0 Å². The highest BCUT2D eigenvalue weighted by Crippen LogP contribution is 2.39. The number of fused-ring (bicyclic) bond motifs is 1. The zero-order valence-corrected chi connectivity index (χ0v) is 10.8. The number of hydrogen-bond acceptors (Lipinski definition) is 2. The second-order valence-corrected chi connectivity index (χ2v) is 5.52. The standard InChI is InChI=1S/C13H16BrNO/c14-9-3-4-12-11(8-9)10(5-6-15-12)13-2-1-7-16-13/h3-4,8,10,13,15H,1-2,5-7H2. The van der Waals surface area contributed by atoms with Crippen LogP contribution in [0.25, 0.3) is 0 Å². The summed E-state index contributed by atoms with van der Waals surface area (Å²) in [5.41, 5.74) is 2.71. The van der Waals surface area contributed by atoms with Crippen LogP contribution in [0.3, 0.4) is 0 Å². The van der Waals surface area contributed by atoms with E-state index < -0.39 is 0 Å². The van der Waals surface area contributed by atoms with Gasteiger partial charge in [0.2, 0.25) is 0 Å². The highest BCUT2D eigenvalue weighted by Gasteiger charge is 2.30. The highest BCUT2D eigenvalue weighted by molar-refractivity contribution is 9.10. The number of anilines is 1. The number of benzene rings is 1. The Morgan fingerprint density at radius 1 is 1.31 bits per heavy atom. The van der Waals surface area contributed by atoms with Gasteiger partial charge in [-0.3, -0.25) is 0 Å². The van der Waals surface area contributed by atoms with Gasteiger partial charge in [0, 0.05) is 29.2 Å². The fourth-order valence-electron chi connectivity index (χ4n) is 2.83. The first kappa shape index (κ1) is 10.6. The molecule has 16 heavy (non-hydrogen) atoms. The molecule has 2 aliphatic heterocycles. The maximum Gasteiger partial charge on any atom is 0.0645 e. The highest BCUT2D eigenvalue weighted by atomic mass is 79.9. The van der Waals surface area contributed by atoms with E-state index in [9.17, 15) is 0 Å². The summed E-state index contributed by atoms with van der Waals surface area (Å²) in [5.74, 6) is 0.580. The van der Waals surface area contributed by atoms with Crippen LogP contribution in [0.5, 0.6) is 0 Å². The lowest BCUT2D eigenvalue weighted by Gasteiger charge is -2.30. The molecule has 1 aromatic carbocycles. The molecule has 3 rings (SSSR count). The lowest BCUT2D eigenvalue weighted by Crippen LogP contribution is -2.25. The average Bonchev–Trinajstić information content (AvgIpc) is 2.81. The molecular weight excluding hydrogens is 266 g/mol. The van der Waals surface area contributed by atoms with Gasteiger partial charge in [-0.25, -0.2) is 0 Å². The molecule has 2 unspecified atom stereocenters. The van der Waals surface area contributed by atoms with Gasteiger partial charge < -0.3 is 10.1 Å². The monoisotopic (exact) mass is 281 g/mol. The molecule has 86 valence electrons. The Hall–Kier alpha value is -0.540. The van der Waals surface area contributed by atoms with E-state index in [1.165, 1.54) is 30.5 Å². The summed E-state index contributed by atoms with van der Waals surface area (Å²) in [7, 11) is 0. The summed E-state index contributed by atoms with van der Waals surface area (Å²) in [4.78, 5) is 0. The third-order valence-corrected chi connectivity index (χ3v) is 4.09. The molecule has 2 heterocycles. The van der Waals surface area contributed by atoms with Crippen LogP contribution >= 0.6 is 15.9 Å². The molecule has 0 aliphatic carbocycles. The quantitative estimate of drug-likeness (QED) is 0.850. The van der Waals surface area contributed by atoms with Gasteiger partial charge in [-0.15, -0.1) is 0 Å². The van der Waals surface area contributed by atoms with E-state index in [-0.39, 0.29) is 0 Å². The Morgan fingerprint density at radius 2 is 2.25 bits per heavy atom. The van der Waals surface area contributed by atoms with E-state index in [4.69, 9.17) is 4.74 Å². The number of nitrogens with one attached hydrogen (secondary N) is 1. The fourth-order valence-corrected chi connectivity index (χ4v) is 3.20. The maximum absolute atomic E-state index is 5.85. The smallest absolute Gasteiger partial charge is 0.0645 e. The Labute approximate surface area is 105 Å². The minimum atomic E-state index is 0.440. The molecule has 0 amide bonds. The lowest BCUT2D eigenvalue weighted by molar-refractivity contribution is 0.0861. The summed E-state index contributed by atoms with van der Waals surface area (Å²) in [6.07, 6.45) is 4.07. The van der Waals surface area contributed by atoms with Crippen molar-refractivity contribution >= 4 is 21.6 Å². The van der Waals surface area contributed by atoms with Gasteiger partial charge >= 0.3 is 0 Å². The molecule has 1 saturated heterocycles. The molecule has 1 N–H and O–H groups in total. The van der Waals surface area contributed by atoms with E-state index in [0.29, 0.717) is 12.0 Å². The summed E-state index contributed by atoms with van der Waals surface area (Å²) < 4.78 is 7.01. The topological polar surface area (TPSA) is 21.3 Å². The molecule has 0 spiro atoms. The van der Waals surface area contributed by atoms with Gasteiger partial charge in [-0.05, 0) is 43.0 Å². The molecule has 2 nitrogen and oxygen atoms in total. The first-order chi connectivity index (χ1) is 7.84. The number of ether oxygens (including phenoxy) is 1. The van der Waals surface area contributed by atoms with Crippen molar-refractivity contribution in [2.24, 2.45) is 0 Å². The zero-order valence-electron chi connectivity index (χ0n) is 9.21. The second-order valence-electron chi connectivity index (χ2n) is 4.60. The van der Waals surface area contributed by atoms with Crippen LogP contribution < -0.4 is 5.32 Å². The molecule has 2 atom stereocenters. The summed E-state index contributed by atoms with van der Waals surface area (Å²) >= 11 is 3.56. The number of halogens is 1. The normalized spacial score (nSPS) is 28.6. The Kier molecular flexibility index (Phi) is 2.90. The predicted octanol–water partition coefficient (Wildman–Crippen LogP) is 3.53. The van der Waals surface area contributed by atoms with Gasteiger partial charge in [0.05, 0.1) is 6.10 Å². The Balaban J connectivity index is 1.94. The van der Waals surface area contributed by atoms with E-state index in [0.717, 1.165) is 17.6 Å². The largest absolute Gasteiger partial charge is 0.385 e. The van der Waals surface area contributed by atoms with Gasteiger partial charge in [0.1, 0.15) is 0 Å². The van der Waals surface area contributed by atoms with E-state index >= 15 is 0 Å². The number of hydrogen-bond donors (Lipinski definition) is 1. The minimum absolute atomic E-state index is 0.440. The molecule has 0 saturated carbocycles. The van der Waals surface area contributed by atoms with Gasteiger partial charge in [0.25, 0.3) is 0 Å². The van der Waals surface area contributed by atoms with Crippen LogP contribution in [0.1, 0.15) is 30.7 Å². The predicted molar refractivity (Wildman–Crippen MR) is 69.0 cm³/mol. The summed E-state index contributed by atoms with van der Waals surface area (Å²) in [6.45, 7) is 2.01. The first-order valence-corrected chi connectivity index (χ1v) is 6.79. The lowest BCUT2D eigenvalue weighted by atomic mass is 9.85. The van der Waals surface area contributed by atoms with Crippen molar-refractivity contribution in [1.29, 1.82) is 0 Å². The van der Waals surface area contributed by atoms with Crippen molar-refractivity contribution in [2.75, 3.05) is 18.5 Å². The minimum Gasteiger partial charge on any atom is -0.385 e. The van der Waals surface area contributed by atoms with Gasteiger partial charge in [-0.2, -0.15) is 0 Å². The van der Waals surface area contributed by atoms with Crippen molar-refractivity contribution in [2.45, 2.75) is 31.3 Å². The van der Waals surface area contributed by atoms with Crippen molar-refractivity contribution in [3.05, 3.63) is 28.2 Å². The molecule has 1 fully saturated rings. The van der Waals surface area contributed by atoms with Gasteiger partial charge in [0.15, 0.2) is 0 Å². The molecule has 2 aliphatic rings. The maximum atomic E-state index is 5.85. The third-order valence-electron chi connectivity index (χ3n) is 3.60. The molecule has 0 bridgehead atoms. The van der Waals surface area contributed by atoms with Crippen LogP contribution in [0.15, 0.2) is 22.7 Å². The SMILES string of the molecule is Brc1ccc2c(c1)C(C1CCCO1)CCN2. The molecule has 0 aromatic heterocycles. The van der Waals surface area contributed by atoms with Crippen molar-refractivity contribution < 1.29 is 4.74 Å². The zero-order chi connectivity index (χ0) is 11.0. The molecular formula is C13H16BrNO. The Bertz CT molecular complexity index is 388. The second kappa shape index (κ2) is 4.38. The molecule has 3 heteroatoms. The van der Waals surface area contributed by atoms with E-state index in [1.54, 1.807) is 0 Å². The van der Waals surface area contributed by atoms with Crippen molar-refractivity contribution in [3.8, 4) is 0 Å². The molecule has 1 aromatic rings. The van der Waals surface area contributed by atoms with Crippen LogP contribution in [0.4, 0.5) is 5.69 Å². The van der Waals surface area contributed by atoms with Crippen LogP contribution in [0, 0.1) is 0 Å². The van der Waals surface area contributed by atoms with Crippen LogP contribution in [0.2, 0.25) is 0 Å². The van der Waals surface area contributed by atoms with Crippen LogP contribution in [-0.4, -0.2) is 19.3 Å². The molecule has 0 radical (unpaired) electrons. The summed E-state index contributed by atoms with van der Waals surface area (Å²) in [6, 6.07) is 6.51. The Morgan fingerprint density at radius 3 is 3.06 bits per heavy atom. The number of rotatable bonds is 1. The average molecular weight is 282 g/mol.